The van der Waals surface area contributed by atoms with E-state index in [0.29, 0.717) is 12.4 Å². The van der Waals surface area contributed by atoms with E-state index in [4.69, 9.17) is 0 Å². The number of amides is 1. The van der Waals surface area contributed by atoms with Crippen molar-refractivity contribution in [3.63, 3.8) is 0 Å². The fourth-order valence-corrected chi connectivity index (χ4v) is 1.10. The van der Waals surface area contributed by atoms with E-state index < -0.39 is 0 Å². The molecule has 2 aromatic rings. The fraction of sp³-hybridized carbons (Fsp3) is 0.286. The lowest BCUT2D eigenvalue weighted by Crippen LogP contribution is -2.27. The van der Waals surface area contributed by atoms with Crippen LogP contribution >= 0.6 is 0 Å². The molecule has 0 aliphatic heterocycles. The third kappa shape index (κ3) is 1.98. The Bertz CT molecular complexity index is 420. The predicted octanol–water partition coefficient (Wildman–Crippen LogP) is -0.805. The molecule has 8 nitrogen and oxygen atoms in total. The molecule has 8 heteroatoms. The number of aromatic amines is 2. The molecule has 78 valence electrons. The molecule has 2 heterocycles. The van der Waals surface area contributed by atoms with Gasteiger partial charge in [-0.25, -0.2) is 4.98 Å². The van der Waals surface area contributed by atoms with Crippen LogP contribution in [-0.4, -0.2) is 48.4 Å². The van der Waals surface area contributed by atoms with E-state index in [1.165, 1.54) is 17.4 Å². The topological polar surface area (TPSA) is 103 Å². The number of nitrogens with zero attached hydrogens (tertiary/aromatic N) is 5. The Labute approximate surface area is 84.7 Å². The first kappa shape index (κ1) is 9.31. The van der Waals surface area contributed by atoms with Crippen LogP contribution < -0.4 is 0 Å². The minimum Gasteiger partial charge on any atom is -0.333 e. The minimum absolute atomic E-state index is 0.222. The zero-order valence-corrected chi connectivity index (χ0v) is 8.01. The molecule has 2 aromatic heterocycles. The van der Waals surface area contributed by atoms with Crippen molar-refractivity contribution in [3.8, 4) is 0 Å². The summed E-state index contributed by atoms with van der Waals surface area (Å²) in [6.07, 6.45) is 2.77. The molecule has 0 bridgehead atoms. The molecule has 0 atom stereocenters. The Balaban J connectivity index is 2.03. The summed E-state index contributed by atoms with van der Waals surface area (Å²) >= 11 is 0. The van der Waals surface area contributed by atoms with Gasteiger partial charge in [0.15, 0.2) is 5.69 Å². The lowest BCUT2D eigenvalue weighted by Gasteiger charge is -2.12. The number of H-pyrrole nitrogens is 2. The van der Waals surface area contributed by atoms with Crippen LogP contribution in [0, 0.1) is 0 Å². The maximum atomic E-state index is 11.7. The van der Waals surface area contributed by atoms with Gasteiger partial charge >= 0.3 is 0 Å². The van der Waals surface area contributed by atoms with Gasteiger partial charge in [0.1, 0.15) is 12.2 Å². The molecule has 0 aliphatic rings. The quantitative estimate of drug-likeness (QED) is 0.685. The van der Waals surface area contributed by atoms with Crippen LogP contribution in [-0.2, 0) is 6.54 Å². The van der Waals surface area contributed by atoms with Gasteiger partial charge in [-0.1, -0.05) is 0 Å². The third-order valence-corrected chi connectivity index (χ3v) is 1.83. The zero-order valence-electron chi connectivity index (χ0n) is 8.01. The van der Waals surface area contributed by atoms with Crippen molar-refractivity contribution in [1.82, 2.24) is 35.5 Å². The van der Waals surface area contributed by atoms with Gasteiger partial charge in [-0.05, 0) is 0 Å². The summed E-state index contributed by atoms with van der Waals surface area (Å²) in [6.45, 7) is 0.353. The third-order valence-electron chi connectivity index (χ3n) is 1.83. The van der Waals surface area contributed by atoms with Crippen LogP contribution in [0.3, 0.4) is 0 Å². The Morgan fingerprint density at radius 3 is 3.00 bits per heavy atom. The van der Waals surface area contributed by atoms with E-state index in [1.54, 1.807) is 7.05 Å². The van der Waals surface area contributed by atoms with E-state index in [9.17, 15) is 4.79 Å². The first-order chi connectivity index (χ1) is 7.27. The average molecular weight is 207 g/mol. The second-order valence-corrected chi connectivity index (χ2v) is 2.95. The molecule has 0 aromatic carbocycles. The lowest BCUT2D eigenvalue weighted by molar-refractivity contribution is 0.0776. The minimum atomic E-state index is -0.222. The molecular formula is C7H9N7O. The molecule has 0 saturated heterocycles. The van der Waals surface area contributed by atoms with Crippen LogP contribution in [0.15, 0.2) is 12.5 Å². The predicted molar refractivity (Wildman–Crippen MR) is 48.6 cm³/mol. The van der Waals surface area contributed by atoms with Crippen molar-refractivity contribution in [2.45, 2.75) is 6.54 Å². The summed E-state index contributed by atoms with van der Waals surface area (Å²) in [7, 11) is 1.65. The van der Waals surface area contributed by atoms with E-state index in [1.807, 2.05) is 0 Å². The molecule has 0 aliphatic carbocycles. The molecule has 0 unspecified atom stereocenters. The van der Waals surface area contributed by atoms with Gasteiger partial charge in [-0.3, -0.25) is 9.89 Å². The summed E-state index contributed by atoms with van der Waals surface area (Å²) in [5.74, 6) is 0.398. The molecule has 2 rings (SSSR count). The maximum absolute atomic E-state index is 11.7. The van der Waals surface area contributed by atoms with Gasteiger partial charge in [0.05, 0.1) is 12.7 Å². The number of hydrogen-bond acceptors (Lipinski definition) is 5. The first-order valence-electron chi connectivity index (χ1n) is 4.23. The van der Waals surface area contributed by atoms with Gasteiger partial charge in [-0.15, -0.1) is 0 Å². The highest BCUT2D eigenvalue weighted by Crippen LogP contribution is 2.00. The van der Waals surface area contributed by atoms with Gasteiger partial charge in [-0.2, -0.15) is 20.5 Å². The summed E-state index contributed by atoms with van der Waals surface area (Å²) in [5.41, 5.74) is 0.275. The first-order valence-corrected chi connectivity index (χ1v) is 4.23. The van der Waals surface area contributed by atoms with E-state index in [0.717, 1.165) is 0 Å². The molecule has 0 saturated carbocycles. The standard InChI is InChI=1S/C7H9N7O/c1-14(3-6-8-4-10-12-6)7(15)5-2-9-13-11-5/h2,4H,3H2,1H3,(H,8,10,12)(H,9,11,13). The van der Waals surface area contributed by atoms with Gasteiger partial charge < -0.3 is 4.90 Å². The highest BCUT2D eigenvalue weighted by atomic mass is 16.2. The van der Waals surface area contributed by atoms with Crippen LogP contribution in [0.25, 0.3) is 0 Å². The summed E-state index contributed by atoms with van der Waals surface area (Å²) in [5, 5.41) is 16.0. The average Bonchev–Trinajstić information content (AvgIpc) is 2.88. The maximum Gasteiger partial charge on any atom is 0.276 e. The molecule has 0 fully saturated rings. The van der Waals surface area contributed by atoms with Gasteiger partial charge in [0, 0.05) is 7.05 Å². The van der Waals surface area contributed by atoms with E-state index in [2.05, 4.69) is 30.6 Å². The van der Waals surface area contributed by atoms with Crippen molar-refractivity contribution >= 4 is 5.91 Å². The van der Waals surface area contributed by atoms with Crippen molar-refractivity contribution in [2.75, 3.05) is 7.05 Å². The van der Waals surface area contributed by atoms with Crippen LogP contribution in [0.2, 0.25) is 0 Å². The Kier molecular flexibility index (Phi) is 2.40. The Hall–Kier alpha value is -2.25. The summed E-state index contributed by atoms with van der Waals surface area (Å²) in [6, 6.07) is 0. The van der Waals surface area contributed by atoms with Crippen LogP contribution in [0.5, 0.6) is 0 Å². The Morgan fingerprint density at radius 2 is 2.40 bits per heavy atom. The molecule has 1 amide bonds. The molecule has 15 heavy (non-hydrogen) atoms. The molecular weight excluding hydrogens is 198 g/mol. The van der Waals surface area contributed by atoms with Crippen molar-refractivity contribution in [2.24, 2.45) is 0 Å². The van der Waals surface area contributed by atoms with E-state index in [-0.39, 0.29) is 11.6 Å². The second-order valence-electron chi connectivity index (χ2n) is 2.95. The van der Waals surface area contributed by atoms with Crippen LogP contribution in [0.4, 0.5) is 0 Å². The molecule has 0 spiro atoms. The number of rotatable bonds is 3. The van der Waals surface area contributed by atoms with Crippen LogP contribution in [0.1, 0.15) is 16.3 Å². The van der Waals surface area contributed by atoms with Crippen molar-refractivity contribution < 1.29 is 4.79 Å². The highest BCUT2D eigenvalue weighted by Gasteiger charge is 2.15. The fourth-order valence-electron chi connectivity index (χ4n) is 1.10. The lowest BCUT2D eigenvalue weighted by atomic mass is 10.4. The number of hydrogen-bond donors (Lipinski definition) is 2. The zero-order chi connectivity index (χ0) is 10.7. The largest absolute Gasteiger partial charge is 0.333 e. The van der Waals surface area contributed by atoms with Crippen molar-refractivity contribution in [3.05, 3.63) is 24.0 Å². The number of carbonyl (C=O) groups excluding carboxylic acids is 1. The van der Waals surface area contributed by atoms with Crippen molar-refractivity contribution in [1.29, 1.82) is 0 Å². The summed E-state index contributed by atoms with van der Waals surface area (Å²) < 4.78 is 0. The Morgan fingerprint density at radius 1 is 1.53 bits per heavy atom. The monoisotopic (exact) mass is 207 g/mol. The van der Waals surface area contributed by atoms with Gasteiger partial charge in [0.25, 0.3) is 5.91 Å². The summed E-state index contributed by atoms with van der Waals surface area (Å²) in [4.78, 5) is 17.1. The molecule has 2 N–H and O–H groups in total. The second kappa shape index (κ2) is 3.86. The highest BCUT2D eigenvalue weighted by molar-refractivity contribution is 5.91. The number of carbonyl (C=O) groups is 1. The number of nitrogens with one attached hydrogen (secondary N) is 2. The smallest absolute Gasteiger partial charge is 0.276 e. The molecule has 0 radical (unpaired) electrons. The SMILES string of the molecule is CN(Cc1ncn[nH]1)C(=O)c1cn[nH]n1. The normalized spacial score (nSPS) is 10.2. The van der Waals surface area contributed by atoms with E-state index >= 15 is 0 Å². The van der Waals surface area contributed by atoms with Gasteiger partial charge in [0.2, 0.25) is 0 Å². The number of aromatic nitrogens is 6.